The van der Waals surface area contributed by atoms with E-state index in [4.69, 9.17) is 0 Å². The highest BCUT2D eigenvalue weighted by Crippen LogP contribution is 2.43. The lowest BCUT2D eigenvalue weighted by Crippen LogP contribution is -2.48. The quantitative estimate of drug-likeness (QED) is 0.665. The average Bonchev–Trinajstić information content (AvgIpc) is 2.62. The van der Waals surface area contributed by atoms with Crippen LogP contribution in [0.5, 0.6) is 0 Å². The van der Waals surface area contributed by atoms with Crippen molar-refractivity contribution in [1.29, 1.82) is 0 Å². The van der Waals surface area contributed by atoms with Crippen molar-refractivity contribution in [3.63, 3.8) is 0 Å². The smallest absolute Gasteiger partial charge is 0.0403 e. The van der Waals surface area contributed by atoms with Gasteiger partial charge in [-0.2, -0.15) is 0 Å². The molecule has 0 radical (unpaired) electrons. The van der Waals surface area contributed by atoms with Crippen LogP contribution >= 0.6 is 0 Å². The van der Waals surface area contributed by atoms with Gasteiger partial charge in [-0.05, 0) is 38.6 Å². The second kappa shape index (κ2) is 6.44. The molecule has 3 aromatic carbocycles. The number of hydrogen-bond donors (Lipinski definition) is 1. The fraction of sp³-hybridized carbons (Fsp3) is 0.391. The molecule has 2 nitrogen and oxygen atoms in total. The standard InChI is InChI=1S/C23H28N2/c1-23(2,3)22(25-14-12-24-13-15-25)21-16-17-8-4-5-9-18(17)19-10-6-7-11-20(19)21/h4-11,16,22,24H,12-15H2,1-3H3/t22-/m1/s1. The number of hydrogen-bond acceptors (Lipinski definition) is 2. The average molecular weight is 332 g/mol. The van der Waals surface area contributed by atoms with E-state index in [1.165, 1.54) is 27.1 Å². The molecule has 0 unspecified atom stereocenters. The number of benzene rings is 3. The maximum Gasteiger partial charge on any atom is 0.0403 e. The number of fused-ring (bicyclic) bond motifs is 3. The van der Waals surface area contributed by atoms with Gasteiger partial charge in [-0.1, -0.05) is 69.3 Å². The Bertz CT molecular complexity index is 885. The highest BCUT2D eigenvalue weighted by Gasteiger charge is 2.33. The van der Waals surface area contributed by atoms with Crippen LogP contribution in [-0.4, -0.2) is 31.1 Å². The van der Waals surface area contributed by atoms with Crippen LogP contribution in [0.1, 0.15) is 32.4 Å². The molecule has 0 bridgehead atoms. The van der Waals surface area contributed by atoms with Gasteiger partial charge in [0.2, 0.25) is 0 Å². The van der Waals surface area contributed by atoms with Gasteiger partial charge in [0.15, 0.2) is 0 Å². The molecule has 3 aromatic rings. The van der Waals surface area contributed by atoms with Crippen molar-refractivity contribution in [1.82, 2.24) is 10.2 Å². The van der Waals surface area contributed by atoms with Gasteiger partial charge in [0, 0.05) is 32.2 Å². The summed E-state index contributed by atoms with van der Waals surface area (Å²) in [6, 6.07) is 20.6. The fourth-order valence-electron chi connectivity index (χ4n) is 4.46. The summed E-state index contributed by atoms with van der Waals surface area (Å²) in [6.45, 7) is 11.5. The zero-order valence-electron chi connectivity index (χ0n) is 15.5. The summed E-state index contributed by atoms with van der Waals surface area (Å²) in [6.07, 6.45) is 0. The molecule has 1 aliphatic heterocycles. The predicted molar refractivity (Wildman–Crippen MR) is 108 cm³/mol. The Morgan fingerprint density at radius 2 is 1.44 bits per heavy atom. The molecule has 130 valence electrons. The van der Waals surface area contributed by atoms with Crippen LogP contribution in [0.2, 0.25) is 0 Å². The summed E-state index contributed by atoms with van der Waals surface area (Å²) in [7, 11) is 0. The van der Waals surface area contributed by atoms with E-state index in [1.807, 2.05) is 0 Å². The van der Waals surface area contributed by atoms with Crippen molar-refractivity contribution in [2.75, 3.05) is 26.2 Å². The van der Waals surface area contributed by atoms with Gasteiger partial charge in [0.25, 0.3) is 0 Å². The van der Waals surface area contributed by atoms with E-state index in [2.05, 4.69) is 85.6 Å². The van der Waals surface area contributed by atoms with Crippen LogP contribution in [0, 0.1) is 5.41 Å². The number of rotatable bonds is 2. The van der Waals surface area contributed by atoms with Gasteiger partial charge in [-0.15, -0.1) is 0 Å². The van der Waals surface area contributed by atoms with Crippen molar-refractivity contribution < 1.29 is 0 Å². The minimum Gasteiger partial charge on any atom is -0.314 e. The normalized spacial score (nSPS) is 17.9. The molecule has 0 amide bonds. The zero-order valence-corrected chi connectivity index (χ0v) is 15.5. The molecular weight excluding hydrogens is 304 g/mol. The van der Waals surface area contributed by atoms with Crippen LogP contribution in [-0.2, 0) is 0 Å². The first kappa shape index (κ1) is 16.6. The van der Waals surface area contributed by atoms with Crippen LogP contribution in [0.4, 0.5) is 0 Å². The van der Waals surface area contributed by atoms with E-state index in [0.29, 0.717) is 6.04 Å². The zero-order chi connectivity index (χ0) is 17.4. The minimum atomic E-state index is 0.183. The highest BCUT2D eigenvalue weighted by molar-refractivity contribution is 6.09. The topological polar surface area (TPSA) is 15.3 Å². The minimum absolute atomic E-state index is 0.183. The molecule has 2 heteroatoms. The Balaban J connectivity index is 1.98. The molecule has 1 N–H and O–H groups in total. The molecule has 0 aliphatic carbocycles. The van der Waals surface area contributed by atoms with Gasteiger partial charge >= 0.3 is 0 Å². The third kappa shape index (κ3) is 3.05. The molecule has 0 spiro atoms. The lowest BCUT2D eigenvalue weighted by Gasteiger charge is -2.43. The van der Waals surface area contributed by atoms with Crippen molar-refractivity contribution in [2.24, 2.45) is 5.41 Å². The van der Waals surface area contributed by atoms with Crippen LogP contribution in [0.3, 0.4) is 0 Å². The first-order valence-corrected chi connectivity index (χ1v) is 9.41. The molecule has 1 heterocycles. The van der Waals surface area contributed by atoms with Gasteiger partial charge in [0.05, 0.1) is 0 Å². The van der Waals surface area contributed by atoms with Gasteiger partial charge in [-0.3, -0.25) is 4.90 Å². The maximum absolute atomic E-state index is 3.50. The summed E-state index contributed by atoms with van der Waals surface area (Å²) < 4.78 is 0. The van der Waals surface area contributed by atoms with Crippen LogP contribution in [0.15, 0.2) is 54.6 Å². The van der Waals surface area contributed by atoms with Crippen molar-refractivity contribution in [3.8, 4) is 0 Å². The van der Waals surface area contributed by atoms with Crippen LogP contribution < -0.4 is 5.32 Å². The largest absolute Gasteiger partial charge is 0.314 e. The lowest BCUT2D eigenvalue weighted by atomic mass is 9.78. The number of piperazine rings is 1. The van der Waals surface area contributed by atoms with Gasteiger partial charge < -0.3 is 5.32 Å². The Morgan fingerprint density at radius 1 is 0.840 bits per heavy atom. The first-order chi connectivity index (χ1) is 12.1. The predicted octanol–water partition coefficient (Wildman–Crippen LogP) is 4.99. The third-order valence-electron chi connectivity index (χ3n) is 5.43. The molecule has 0 saturated carbocycles. The number of nitrogens with one attached hydrogen (secondary N) is 1. The molecule has 25 heavy (non-hydrogen) atoms. The SMILES string of the molecule is CC(C)(C)[C@@H](c1cc2ccccc2c2ccccc12)N1CCNCC1. The summed E-state index contributed by atoms with van der Waals surface area (Å²) in [4.78, 5) is 2.67. The van der Waals surface area contributed by atoms with Gasteiger partial charge in [-0.25, -0.2) is 0 Å². The molecule has 4 rings (SSSR count). The van der Waals surface area contributed by atoms with E-state index < -0.39 is 0 Å². The third-order valence-corrected chi connectivity index (χ3v) is 5.43. The van der Waals surface area contributed by atoms with E-state index in [-0.39, 0.29) is 5.41 Å². The molecule has 1 atom stereocenters. The van der Waals surface area contributed by atoms with Crippen molar-refractivity contribution >= 4 is 21.5 Å². The second-order valence-electron chi connectivity index (χ2n) is 8.29. The van der Waals surface area contributed by atoms with E-state index in [0.717, 1.165) is 26.2 Å². The molecule has 0 aromatic heterocycles. The maximum atomic E-state index is 3.50. The Labute approximate surface area is 150 Å². The van der Waals surface area contributed by atoms with Crippen molar-refractivity contribution in [2.45, 2.75) is 26.8 Å². The monoisotopic (exact) mass is 332 g/mol. The second-order valence-corrected chi connectivity index (χ2v) is 8.29. The summed E-state index contributed by atoms with van der Waals surface area (Å²) in [5, 5.41) is 8.98. The fourth-order valence-corrected chi connectivity index (χ4v) is 4.46. The van der Waals surface area contributed by atoms with E-state index in [9.17, 15) is 0 Å². The molecule has 1 aliphatic rings. The molecular formula is C23H28N2. The Morgan fingerprint density at radius 3 is 2.12 bits per heavy atom. The first-order valence-electron chi connectivity index (χ1n) is 9.41. The highest BCUT2D eigenvalue weighted by atomic mass is 15.2. The molecule has 1 fully saturated rings. The van der Waals surface area contributed by atoms with Crippen molar-refractivity contribution in [3.05, 3.63) is 60.2 Å². The number of nitrogens with zero attached hydrogens (tertiary/aromatic N) is 1. The summed E-state index contributed by atoms with van der Waals surface area (Å²) in [5.74, 6) is 0. The van der Waals surface area contributed by atoms with E-state index >= 15 is 0 Å². The van der Waals surface area contributed by atoms with Crippen LogP contribution in [0.25, 0.3) is 21.5 Å². The summed E-state index contributed by atoms with van der Waals surface area (Å²) in [5.41, 5.74) is 1.66. The van der Waals surface area contributed by atoms with Gasteiger partial charge in [0.1, 0.15) is 0 Å². The Hall–Kier alpha value is -1.90. The molecule has 1 saturated heterocycles. The van der Waals surface area contributed by atoms with E-state index in [1.54, 1.807) is 0 Å². The lowest BCUT2D eigenvalue weighted by molar-refractivity contribution is 0.0873. The summed E-state index contributed by atoms with van der Waals surface area (Å²) >= 11 is 0. The Kier molecular flexibility index (Phi) is 4.26.